The van der Waals surface area contributed by atoms with Crippen molar-refractivity contribution in [3.8, 4) is 5.75 Å². The second kappa shape index (κ2) is 15.9. The SMILES string of the molecule is CCCCNC(=O)[C@@H](Cc1ccccc1)N(Cc1cccc(OC)c1)C(=O)CN(c1ccccc1C)S(=O)(=O)c1ccccc1. The van der Waals surface area contributed by atoms with E-state index < -0.39 is 28.5 Å². The fourth-order valence-corrected chi connectivity index (χ4v) is 6.60. The Bertz CT molecular complexity index is 1660. The molecule has 45 heavy (non-hydrogen) atoms. The van der Waals surface area contributed by atoms with Gasteiger partial charge < -0.3 is 15.0 Å². The number of carbonyl (C=O) groups excluding carboxylic acids is 2. The molecular weight excluding hydrogens is 586 g/mol. The molecule has 0 heterocycles. The number of unbranched alkanes of at least 4 members (excludes halogenated alkanes) is 1. The second-order valence-electron chi connectivity index (χ2n) is 10.8. The summed E-state index contributed by atoms with van der Waals surface area (Å²) in [5.41, 5.74) is 2.71. The van der Waals surface area contributed by atoms with Gasteiger partial charge in [0.15, 0.2) is 0 Å². The first-order valence-corrected chi connectivity index (χ1v) is 16.6. The van der Waals surface area contributed by atoms with Gasteiger partial charge in [0.1, 0.15) is 18.3 Å². The topological polar surface area (TPSA) is 96.0 Å². The lowest BCUT2D eigenvalue weighted by molar-refractivity contribution is -0.140. The molecule has 0 spiro atoms. The summed E-state index contributed by atoms with van der Waals surface area (Å²) in [7, 11) is -2.58. The third-order valence-electron chi connectivity index (χ3n) is 7.58. The highest BCUT2D eigenvalue weighted by atomic mass is 32.2. The molecule has 0 saturated heterocycles. The van der Waals surface area contributed by atoms with Gasteiger partial charge in [0.2, 0.25) is 11.8 Å². The van der Waals surface area contributed by atoms with Gasteiger partial charge in [-0.2, -0.15) is 0 Å². The number of rotatable bonds is 15. The van der Waals surface area contributed by atoms with E-state index >= 15 is 0 Å². The van der Waals surface area contributed by atoms with Gasteiger partial charge in [0, 0.05) is 19.5 Å². The van der Waals surface area contributed by atoms with Gasteiger partial charge in [-0.3, -0.25) is 13.9 Å². The van der Waals surface area contributed by atoms with Crippen molar-refractivity contribution in [2.75, 3.05) is 24.5 Å². The van der Waals surface area contributed by atoms with E-state index in [1.807, 2.05) is 61.5 Å². The summed E-state index contributed by atoms with van der Waals surface area (Å²) in [6.45, 7) is 3.89. The Hall–Kier alpha value is -4.63. The van der Waals surface area contributed by atoms with Crippen molar-refractivity contribution in [1.29, 1.82) is 0 Å². The van der Waals surface area contributed by atoms with E-state index in [0.717, 1.165) is 28.3 Å². The zero-order chi connectivity index (χ0) is 32.2. The number of hydrogen-bond acceptors (Lipinski definition) is 5. The quantitative estimate of drug-likeness (QED) is 0.169. The molecule has 1 N–H and O–H groups in total. The maximum atomic E-state index is 14.5. The number of nitrogens with zero attached hydrogens (tertiary/aromatic N) is 2. The Balaban J connectivity index is 1.80. The van der Waals surface area contributed by atoms with Crippen molar-refractivity contribution >= 4 is 27.5 Å². The molecule has 4 aromatic carbocycles. The monoisotopic (exact) mass is 627 g/mol. The van der Waals surface area contributed by atoms with Crippen LogP contribution in [0.5, 0.6) is 5.75 Å². The second-order valence-corrected chi connectivity index (χ2v) is 12.7. The molecule has 0 aliphatic carbocycles. The van der Waals surface area contributed by atoms with E-state index in [9.17, 15) is 18.0 Å². The summed E-state index contributed by atoms with van der Waals surface area (Å²) >= 11 is 0. The summed E-state index contributed by atoms with van der Waals surface area (Å²) in [6, 6.07) is 31.0. The highest BCUT2D eigenvalue weighted by molar-refractivity contribution is 7.92. The molecule has 9 heteroatoms. The van der Waals surface area contributed by atoms with Crippen LogP contribution in [0.15, 0.2) is 114 Å². The fourth-order valence-electron chi connectivity index (χ4n) is 5.10. The predicted molar refractivity (Wildman–Crippen MR) is 178 cm³/mol. The van der Waals surface area contributed by atoms with Crippen LogP contribution in [0, 0.1) is 6.92 Å². The van der Waals surface area contributed by atoms with Crippen LogP contribution in [0.25, 0.3) is 0 Å². The first kappa shape index (κ1) is 33.3. The number of ether oxygens (including phenoxy) is 1. The number of amides is 2. The Kier molecular flexibility index (Phi) is 11.8. The molecule has 4 rings (SSSR count). The minimum absolute atomic E-state index is 0.0681. The number of nitrogens with one attached hydrogen (secondary N) is 1. The van der Waals surface area contributed by atoms with Gasteiger partial charge in [0.25, 0.3) is 10.0 Å². The summed E-state index contributed by atoms with van der Waals surface area (Å²) < 4.78 is 34.8. The van der Waals surface area contributed by atoms with Crippen LogP contribution in [-0.2, 0) is 32.6 Å². The van der Waals surface area contributed by atoms with Crippen LogP contribution in [0.2, 0.25) is 0 Å². The minimum Gasteiger partial charge on any atom is -0.497 e. The Labute approximate surface area is 266 Å². The number of sulfonamides is 1. The van der Waals surface area contributed by atoms with Gasteiger partial charge in [0.05, 0.1) is 17.7 Å². The highest BCUT2D eigenvalue weighted by Gasteiger charge is 2.35. The number of para-hydroxylation sites is 1. The van der Waals surface area contributed by atoms with Crippen LogP contribution in [0.4, 0.5) is 5.69 Å². The van der Waals surface area contributed by atoms with Gasteiger partial charge in [-0.05, 0) is 60.4 Å². The molecule has 0 saturated carbocycles. The molecule has 8 nitrogen and oxygen atoms in total. The van der Waals surface area contributed by atoms with Crippen molar-refractivity contribution < 1.29 is 22.7 Å². The zero-order valence-corrected chi connectivity index (χ0v) is 26.9. The summed E-state index contributed by atoms with van der Waals surface area (Å²) in [4.78, 5) is 30.0. The Morgan fingerprint density at radius 3 is 2.16 bits per heavy atom. The molecule has 236 valence electrons. The lowest BCUT2D eigenvalue weighted by atomic mass is 10.0. The van der Waals surface area contributed by atoms with E-state index in [1.165, 1.54) is 17.0 Å². The average molecular weight is 628 g/mol. The van der Waals surface area contributed by atoms with Crippen molar-refractivity contribution in [3.05, 3.63) is 126 Å². The molecule has 0 unspecified atom stereocenters. The van der Waals surface area contributed by atoms with Crippen molar-refractivity contribution in [1.82, 2.24) is 10.2 Å². The van der Waals surface area contributed by atoms with Crippen LogP contribution in [0.1, 0.15) is 36.5 Å². The maximum absolute atomic E-state index is 14.5. The van der Waals surface area contributed by atoms with E-state index in [0.29, 0.717) is 23.5 Å². The van der Waals surface area contributed by atoms with Crippen molar-refractivity contribution in [3.63, 3.8) is 0 Å². The van der Waals surface area contributed by atoms with E-state index in [2.05, 4.69) is 5.32 Å². The van der Waals surface area contributed by atoms with Crippen molar-refractivity contribution in [2.45, 2.75) is 50.6 Å². The molecule has 2 amide bonds. The molecule has 0 fully saturated rings. The van der Waals surface area contributed by atoms with Gasteiger partial charge in [-0.15, -0.1) is 0 Å². The third-order valence-corrected chi connectivity index (χ3v) is 9.36. The van der Waals surface area contributed by atoms with Gasteiger partial charge in [-0.1, -0.05) is 92.2 Å². The lowest BCUT2D eigenvalue weighted by Gasteiger charge is -2.34. The van der Waals surface area contributed by atoms with E-state index in [1.54, 1.807) is 56.5 Å². The third kappa shape index (κ3) is 8.73. The van der Waals surface area contributed by atoms with Crippen LogP contribution < -0.4 is 14.4 Å². The first-order chi connectivity index (χ1) is 21.7. The number of anilines is 1. The average Bonchev–Trinajstić information content (AvgIpc) is 3.06. The number of aryl methyl sites for hydroxylation is 1. The number of hydrogen-bond donors (Lipinski definition) is 1. The maximum Gasteiger partial charge on any atom is 0.264 e. The number of benzene rings is 4. The summed E-state index contributed by atoms with van der Waals surface area (Å²) in [5, 5.41) is 3.01. The molecule has 0 aromatic heterocycles. The standard InChI is InChI=1S/C36H41N3O5S/c1-4-5-23-37-36(41)34(25-29-16-8-6-9-17-29)38(26-30-18-14-19-31(24-30)44-3)35(40)27-39(33-22-13-12-15-28(33)2)45(42,43)32-20-10-7-11-21-32/h6-22,24,34H,4-5,23,25-27H2,1-3H3,(H,37,41)/t34-/m1/s1. The molecule has 4 aromatic rings. The van der Waals surface area contributed by atoms with Crippen LogP contribution in [-0.4, -0.2) is 51.4 Å². The molecule has 0 bridgehead atoms. The molecule has 0 aliphatic rings. The first-order valence-electron chi connectivity index (χ1n) is 15.1. The predicted octanol–water partition coefficient (Wildman–Crippen LogP) is 5.76. The molecular formula is C36H41N3O5S. The summed E-state index contributed by atoms with van der Waals surface area (Å²) in [5.74, 6) is -0.191. The van der Waals surface area contributed by atoms with Crippen LogP contribution >= 0.6 is 0 Å². The van der Waals surface area contributed by atoms with Gasteiger partial charge >= 0.3 is 0 Å². The smallest absolute Gasteiger partial charge is 0.264 e. The largest absolute Gasteiger partial charge is 0.497 e. The lowest BCUT2D eigenvalue weighted by Crippen LogP contribution is -2.53. The fraction of sp³-hybridized carbons (Fsp3) is 0.278. The Morgan fingerprint density at radius 1 is 0.844 bits per heavy atom. The van der Waals surface area contributed by atoms with E-state index in [-0.39, 0.29) is 23.8 Å². The normalized spacial score (nSPS) is 11.8. The molecule has 1 atom stereocenters. The molecule has 0 aliphatic heterocycles. The van der Waals surface area contributed by atoms with E-state index in [4.69, 9.17) is 4.74 Å². The number of carbonyl (C=O) groups is 2. The minimum atomic E-state index is -4.15. The Morgan fingerprint density at radius 2 is 1.49 bits per heavy atom. The van der Waals surface area contributed by atoms with Crippen molar-refractivity contribution in [2.24, 2.45) is 0 Å². The highest BCUT2D eigenvalue weighted by Crippen LogP contribution is 2.28. The van der Waals surface area contributed by atoms with Crippen LogP contribution in [0.3, 0.4) is 0 Å². The van der Waals surface area contributed by atoms with Gasteiger partial charge in [-0.25, -0.2) is 8.42 Å². The molecule has 0 radical (unpaired) electrons. The number of methoxy groups -OCH3 is 1. The zero-order valence-electron chi connectivity index (χ0n) is 26.1. The summed E-state index contributed by atoms with van der Waals surface area (Å²) in [6.07, 6.45) is 1.95.